The van der Waals surface area contributed by atoms with Crippen LogP contribution in [-0.2, 0) is 22.8 Å². The van der Waals surface area contributed by atoms with E-state index in [9.17, 15) is 18.8 Å². The number of hydrogen-bond acceptors (Lipinski definition) is 5. The van der Waals surface area contributed by atoms with Crippen molar-refractivity contribution in [3.8, 4) is 11.5 Å². The summed E-state index contributed by atoms with van der Waals surface area (Å²) < 4.78 is 25.2. The third-order valence-corrected chi connectivity index (χ3v) is 6.71. The fourth-order valence-electron chi connectivity index (χ4n) is 4.07. The Hall–Kier alpha value is -4.66. The normalized spacial score (nSPS) is 14.3. The zero-order valence-corrected chi connectivity index (χ0v) is 22.8. The van der Waals surface area contributed by atoms with Crippen molar-refractivity contribution in [1.29, 1.82) is 0 Å². The van der Waals surface area contributed by atoms with Crippen LogP contribution in [0.15, 0.2) is 96.6 Å². The van der Waals surface area contributed by atoms with Crippen molar-refractivity contribution in [2.45, 2.75) is 13.2 Å². The summed E-state index contributed by atoms with van der Waals surface area (Å²) in [6.45, 7) is 0.262. The lowest BCUT2D eigenvalue weighted by Gasteiger charge is -2.26. The van der Waals surface area contributed by atoms with Crippen molar-refractivity contribution in [1.82, 2.24) is 5.32 Å². The maximum absolute atomic E-state index is 13.6. The number of barbiturate groups is 1. The lowest BCUT2D eigenvalue weighted by Crippen LogP contribution is -2.54. The average molecular weight is 591 g/mol. The van der Waals surface area contributed by atoms with Crippen LogP contribution in [0.2, 0.25) is 10.0 Å². The molecule has 206 valence electrons. The second-order valence-electron chi connectivity index (χ2n) is 8.93. The number of carbonyl (C=O) groups is 3. The Morgan fingerprint density at radius 1 is 0.829 bits per heavy atom. The van der Waals surface area contributed by atoms with Crippen LogP contribution in [0.4, 0.5) is 14.9 Å². The fraction of sp³-hybridized carbons (Fsp3) is 0.0645. The molecule has 1 aliphatic heterocycles. The molecule has 7 nitrogen and oxygen atoms in total. The van der Waals surface area contributed by atoms with Gasteiger partial charge in [0.25, 0.3) is 11.8 Å². The van der Waals surface area contributed by atoms with Crippen LogP contribution in [0.25, 0.3) is 6.08 Å². The number of benzene rings is 4. The van der Waals surface area contributed by atoms with Crippen molar-refractivity contribution >= 4 is 52.8 Å². The first kappa shape index (κ1) is 27.9. The van der Waals surface area contributed by atoms with Crippen LogP contribution in [0.3, 0.4) is 0 Å². The van der Waals surface area contributed by atoms with Gasteiger partial charge in [-0.15, -0.1) is 0 Å². The number of amides is 4. The first-order valence-electron chi connectivity index (χ1n) is 12.3. The number of ether oxygens (including phenoxy) is 2. The predicted octanol–water partition coefficient (Wildman–Crippen LogP) is 6.96. The molecule has 0 aromatic heterocycles. The van der Waals surface area contributed by atoms with Crippen molar-refractivity contribution in [2.24, 2.45) is 0 Å². The molecule has 1 N–H and O–H groups in total. The van der Waals surface area contributed by atoms with Gasteiger partial charge >= 0.3 is 6.03 Å². The van der Waals surface area contributed by atoms with Crippen LogP contribution < -0.4 is 19.7 Å². The molecule has 5 rings (SSSR count). The Kier molecular flexibility index (Phi) is 8.33. The molecular formula is C31H21Cl2FN2O5. The molecule has 0 atom stereocenters. The van der Waals surface area contributed by atoms with E-state index in [1.54, 1.807) is 42.5 Å². The summed E-state index contributed by atoms with van der Waals surface area (Å²) in [6, 6.07) is 23.2. The van der Waals surface area contributed by atoms with Crippen LogP contribution in [0, 0.1) is 5.82 Å². The van der Waals surface area contributed by atoms with E-state index in [-0.39, 0.29) is 24.5 Å². The van der Waals surface area contributed by atoms with E-state index in [1.165, 1.54) is 36.4 Å². The van der Waals surface area contributed by atoms with Crippen LogP contribution in [0.1, 0.15) is 16.7 Å². The van der Waals surface area contributed by atoms with E-state index in [1.807, 2.05) is 18.2 Å². The van der Waals surface area contributed by atoms with Gasteiger partial charge in [-0.2, -0.15) is 0 Å². The molecular weight excluding hydrogens is 570 g/mol. The van der Waals surface area contributed by atoms with Crippen LogP contribution in [-0.4, -0.2) is 17.8 Å². The first-order valence-corrected chi connectivity index (χ1v) is 13.1. The number of imide groups is 2. The summed E-state index contributed by atoms with van der Waals surface area (Å²) in [5.74, 6) is -1.31. The second-order valence-corrected chi connectivity index (χ2v) is 9.78. The number of halogens is 3. The predicted molar refractivity (Wildman–Crippen MR) is 153 cm³/mol. The number of hydrogen-bond donors (Lipinski definition) is 1. The van der Waals surface area contributed by atoms with Gasteiger partial charge in [0.1, 0.15) is 36.1 Å². The zero-order valence-electron chi connectivity index (χ0n) is 21.3. The van der Waals surface area contributed by atoms with E-state index >= 15 is 0 Å². The highest BCUT2D eigenvalue weighted by Crippen LogP contribution is 2.29. The number of anilines is 1. The highest BCUT2D eigenvalue weighted by Gasteiger charge is 2.37. The molecule has 4 aromatic rings. The average Bonchev–Trinajstić information content (AvgIpc) is 2.95. The number of nitrogens with zero attached hydrogens (tertiary/aromatic N) is 1. The summed E-state index contributed by atoms with van der Waals surface area (Å²) in [5.41, 5.74) is 1.63. The first-order chi connectivity index (χ1) is 19.8. The highest BCUT2D eigenvalue weighted by atomic mass is 35.5. The number of rotatable bonds is 8. The van der Waals surface area contributed by atoms with Gasteiger partial charge < -0.3 is 9.47 Å². The molecule has 1 saturated heterocycles. The minimum Gasteiger partial charge on any atom is -0.489 e. The van der Waals surface area contributed by atoms with Gasteiger partial charge in [-0.05, 0) is 72.3 Å². The van der Waals surface area contributed by atoms with Gasteiger partial charge in [-0.1, -0.05) is 53.5 Å². The molecule has 10 heteroatoms. The fourth-order valence-corrected chi connectivity index (χ4v) is 4.44. The van der Waals surface area contributed by atoms with Gasteiger partial charge in [0.05, 0.1) is 5.69 Å². The molecule has 0 bridgehead atoms. The smallest absolute Gasteiger partial charge is 0.335 e. The maximum atomic E-state index is 13.6. The van der Waals surface area contributed by atoms with Crippen molar-refractivity contribution in [2.75, 3.05) is 4.90 Å². The number of urea groups is 1. The minimum atomic E-state index is -0.893. The summed E-state index contributed by atoms with van der Waals surface area (Å²) in [4.78, 5) is 39.7. The lowest BCUT2D eigenvalue weighted by atomic mass is 10.1. The molecule has 4 amide bonds. The molecule has 41 heavy (non-hydrogen) atoms. The third-order valence-electron chi connectivity index (χ3n) is 6.10. The molecule has 0 radical (unpaired) electrons. The van der Waals surface area contributed by atoms with Crippen molar-refractivity contribution < 1.29 is 28.2 Å². The standard InChI is InChI=1S/C31H21Cl2FN2O5/c32-22-8-13-28(41-17-19-4-3-6-23(34)14-19)21(15-22)16-26-29(37)35-31(39)36(30(26)38)24-9-11-25(12-10-24)40-18-20-5-1-2-7-27(20)33/h1-16H,17-18H2,(H,35,37,39)/b26-16+. The SMILES string of the molecule is O=C1NC(=O)N(c2ccc(OCc3ccccc3Cl)cc2)C(=O)/C1=C/c1cc(Cl)ccc1OCc1cccc(F)c1. The summed E-state index contributed by atoms with van der Waals surface area (Å²) in [6.07, 6.45) is 1.30. The van der Waals surface area contributed by atoms with Crippen molar-refractivity contribution in [3.05, 3.63) is 129 Å². The molecule has 0 unspecified atom stereocenters. The quantitative estimate of drug-likeness (QED) is 0.177. The Balaban J connectivity index is 1.36. The molecule has 1 aliphatic rings. The summed E-state index contributed by atoms with van der Waals surface area (Å²) in [7, 11) is 0. The van der Waals surface area contributed by atoms with E-state index in [0.717, 1.165) is 10.5 Å². The molecule has 0 spiro atoms. The summed E-state index contributed by atoms with van der Waals surface area (Å²) in [5, 5.41) is 3.10. The molecule has 1 heterocycles. The Morgan fingerprint density at radius 3 is 2.37 bits per heavy atom. The summed E-state index contributed by atoms with van der Waals surface area (Å²) >= 11 is 12.3. The van der Waals surface area contributed by atoms with Gasteiger partial charge in [0.15, 0.2) is 0 Å². The number of carbonyl (C=O) groups excluding carboxylic acids is 3. The van der Waals surface area contributed by atoms with E-state index in [2.05, 4.69) is 5.32 Å². The Morgan fingerprint density at radius 2 is 1.61 bits per heavy atom. The van der Waals surface area contributed by atoms with E-state index in [0.29, 0.717) is 32.7 Å². The molecule has 0 saturated carbocycles. The van der Waals surface area contributed by atoms with Crippen LogP contribution >= 0.6 is 23.2 Å². The largest absolute Gasteiger partial charge is 0.489 e. The molecule has 4 aromatic carbocycles. The lowest BCUT2D eigenvalue weighted by molar-refractivity contribution is -0.122. The number of nitrogens with one attached hydrogen (secondary N) is 1. The van der Waals surface area contributed by atoms with Gasteiger partial charge in [-0.25, -0.2) is 14.1 Å². The molecule has 0 aliphatic carbocycles. The van der Waals surface area contributed by atoms with Crippen LogP contribution in [0.5, 0.6) is 11.5 Å². The third kappa shape index (κ3) is 6.57. The maximum Gasteiger partial charge on any atom is 0.335 e. The minimum absolute atomic E-state index is 0.0330. The Labute approximate surface area is 244 Å². The van der Waals surface area contributed by atoms with Gasteiger partial charge in [0.2, 0.25) is 0 Å². The zero-order chi connectivity index (χ0) is 28.9. The Bertz CT molecular complexity index is 1670. The van der Waals surface area contributed by atoms with E-state index in [4.69, 9.17) is 32.7 Å². The molecule has 1 fully saturated rings. The van der Waals surface area contributed by atoms with Gasteiger partial charge in [0, 0.05) is 21.2 Å². The van der Waals surface area contributed by atoms with E-state index < -0.39 is 23.7 Å². The monoisotopic (exact) mass is 590 g/mol. The second kappa shape index (κ2) is 12.2. The highest BCUT2D eigenvalue weighted by molar-refractivity contribution is 6.39. The van der Waals surface area contributed by atoms with Gasteiger partial charge in [-0.3, -0.25) is 14.9 Å². The topological polar surface area (TPSA) is 84.9 Å². The van der Waals surface area contributed by atoms with Crippen molar-refractivity contribution in [3.63, 3.8) is 0 Å².